The number of rotatable bonds is 4. The van der Waals surface area contributed by atoms with Crippen molar-refractivity contribution in [3.05, 3.63) is 41.7 Å². The van der Waals surface area contributed by atoms with Gasteiger partial charge in [0.15, 0.2) is 5.16 Å². The van der Waals surface area contributed by atoms with E-state index in [-0.39, 0.29) is 0 Å². The molecular formula is C15H11ClN6S2. The number of pyridine rings is 1. The van der Waals surface area contributed by atoms with Crippen molar-refractivity contribution < 1.29 is 0 Å². The molecular weight excluding hydrogens is 364 g/mol. The van der Waals surface area contributed by atoms with Crippen molar-refractivity contribution in [1.82, 2.24) is 19.9 Å². The Morgan fingerprint density at radius 1 is 1.29 bits per heavy atom. The summed E-state index contributed by atoms with van der Waals surface area (Å²) in [6.07, 6.45) is 1.66. The molecule has 6 nitrogen and oxygen atoms in total. The van der Waals surface area contributed by atoms with Gasteiger partial charge in [-0.15, -0.1) is 0 Å². The number of benzene rings is 1. The minimum atomic E-state index is 0.419. The molecule has 0 spiro atoms. The Balaban J connectivity index is 1.49. The van der Waals surface area contributed by atoms with E-state index in [9.17, 15) is 0 Å². The number of hydrogen-bond donors (Lipinski definition) is 2. The maximum absolute atomic E-state index is 6.01. The van der Waals surface area contributed by atoms with Crippen LogP contribution in [-0.2, 0) is 0 Å². The Morgan fingerprint density at radius 3 is 3.04 bits per heavy atom. The summed E-state index contributed by atoms with van der Waals surface area (Å²) in [5.74, 6) is 1.01. The summed E-state index contributed by atoms with van der Waals surface area (Å²) in [6.45, 7) is 0. The molecule has 3 N–H and O–H groups in total. The van der Waals surface area contributed by atoms with Crippen LogP contribution in [0.3, 0.4) is 0 Å². The second kappa shape index (κ2) is 6.39. The smallest absolute Gasteiger partial charge is 0.211 e. The molecule has 0 saturated heterocycles. The van der Waals surface area contributed by atoms with Crippen LogP contribution in [0.1, 0.15) is 0 Å². The molecule has 0 aliphatic rings. The molecule has 0 fully saturated rings. The number of nitrogens with two attached hydrogens (primary N) is 1. The average Bonchev–Trinajstić information content (AvgIpc) is 3.15. The standard InChI is InChI=1S/C15H11ClN6S2/c16-12-5-9-10(6-18-12)21-14(20-9)23-7-13(17)22-15-19-8-3-1-2-4-11(8)24-15/h1-6H,7H2,(H,20,21)(H2,17,19,22). The maximum Gasteiger partial charge on any atom is 0.211 e. The zero-order valence-electron chi connectivity index (χ0n) is 12.2. The molecule has 0 unspecified atom stereocenters. The number of H-pyrrole nitrogens is 1. The van der Waals surface area contributed by atoms with Gasteiger partial charge < -0.3 is 10.7 Å². The molecule has 0 aliphatic heterocycles. The highest BCUT2D eigenvalue weighted by molar-refractivity contribution is 7.99. The number of fused-ring (bicyclic) bond motifs is 2. The molecule has 0 bridgehead atoms. The highest BCUT2D eigenvalue weighted by Gasteiger charge is 2.07. The normalized spacial score (nSPS) is 12.3. The van der Waals surface area contributed by atoms with E-state index >= 15 is 0 Å². The number of nitrogens with one attached hydrogen (secondary N) is 1. The van der Waals surface area contributed by atoms with Crippen LogP contribution in [-0.4, -0.2) is 31.5 Å². The van der Waals surface area contributed by atoms with Crippen LogP contribution in [0.25, 0.3) is 21.3 Å². The Bertz CT molecular complexity index is 1020. The summed E-state index contributed by atoms with van der Waals surface area (Å²) < 4.78 is 1.10. The molecule has 0 atom stereocenters. The lowest BCUT2D eigenvalue weighted by Crippen LogP contribution is -2.14. The fourth-order valence-electron chi connectivity index (χ4n) is 2.14. The lowest BCUT2D eigenvalue weighted by molar-refractivity contribution is 1.08. The van der Waals surface area contributed by atoms with Crippen LogP contribution in [0.2, 0.25) is 5.15 Å². The molecule has 0 saturated carbocycles. The third-order valence-electron chi connectivity index (χ3n) is 3.19. The molecule has 9 heteroatoms. The fraction of sp³-hybridized carbons (Fsp3) is 0.0667. The topological polar surface area (TPSA) is 92.8 Å². The van der Waals surface area contributed by atoms with Crippen LogP contribution in [0.4, 0.5) is 5.13 Å². The minimum absolute atomic E-state index is 0.419. The van der Waals surface area contributed by atoms with Crippen LogP contribution in [0, 0.1) is 0 Å². The van der Waals surface area contributed by atoms with Gasteiger partial charge in [0.1, 0.15) is 11.0 Å². The third kappa shape index (κ3) is 3.21. The zero-order valence-corrected chi connectivity index (χ0v) is 14.6. The average molecular weight is 375 g/mol. The number of thiazole rings is 1. The number of halogens is 1. The SMILES string of the molecule is N/C(CSc1nc2cc(Cl)ncc2[nH]1)=N\c1nc2ccccc2s1. The summed E-state index contributed by atoms with van der Waals surface area (Å²) in [5.41, 5.74) is 8.56. The predicted molar refractivity (Wildman–Crippen MR) is 101 cm³/mol. The first-order chi connectivity index (χ1) is 11.7. The molecule has 4 rings (SSSR count). The first-order valence-corrected chi connectivity index (χ1v) is 9.18. The molecule has 3 aromatic heterocycles. The van der Waals surface area contributed by atoms with E-state index in [1.807, 2.05) is 24.3 Å². The molecule has 0 aliphatic carbocycles. The van der Waals surface area contributed by atoms with Gasteiger partial charge in [0.05, 0.1) is 33.2 Å². The van der Waals surface area contributed by atoms with Gasteiger partial charge in [-0.3, -0.25) is 0 Å². The number of aromatic amines is 1. The van der Waals surface area contributed by atoms with E-state index < -0.39 is 0 Å². The summed E-state index contributed by atoms with van der Waals surface area (Å²) in [6, 6.07) is 9.64. The van der Waals surface area contributed by atoms with Gasteiger partial charge in [0.25, 0.3) is 0 Å². The predicted octanol–water partition coefficient (Wildman–Crippen LogP) is 4.00. The van der Waals surface area contributed by atoms with E-state index in [0.29, 0.717) is 21.9 Å². The van der Waals surface area contributed by atoms with Gasteiger partial charge in [0.2, 0.25) is 5.13 Å². The largest absolute Gasteiger partial charge is 0.386 e. The summed E-state index contributed by atoms with van der Waals surface area (Å²) in [5, 5.41) is 1.83. The van der Waals surface area contributed by atoms with Gasteiger partial charge in [-0.2, -0.15) is 0 Å². The number of aliphatic imine (C=N–C) groups is 1. The second-order valence-electron chi connectivity index (χ2n) is 4.92. The maximum atomic E-state index is 6.01. The Morgan fingerprint density at radius 2 is 2.17 bits per heavy atom. The quantitative estimate of drug-likeness (QED) is 0.244. The molecule has 0 radical (unpaired) electrons. The van der Waals surface area contributed by atoms with Gasteiger partial charge in [0, 0.05) is 6.07 Å². The summed E-state index contributed by atoms with van der Waals surface area (Å²) in [7, 11) is 0. The third-order valence-corrected chi connectivity index (χ3v) is 5.23. The van der Waals surface area contributed by atoms with Crippen LogP contribution in [0.5, 0.6) is 0 Å². The van der Waals surface area contributed by atoms with Gasteiger partial charge in [-0.05, 0) is 12.1 Å². The van der Waals surface area contributed by atoms with Crippen LogP contribution >= 0.6 is 34.7 Å². The van der Waals surface area contributed by atoms with E-state index in [4.69, 9.17) is 17.3 Å². The van der Waals surface area contributed by atoms with Crippen molar-refractivity contribution in [2.24, 2.45) is 10.7 Å². The lowest BCUT2D eigenvalue weighted by atomic mass is 10.3. The first-order valence-electron chi connectivity index (χ1n) is 7.00. The van der Waals surface area contributed by atoms with Crippen molar-refractivity contribution in [1.29, 1.82) is 0 Å². The van der Waals surface area contributed by atoms with Crippen molar-refractivity contribution in [3.8, 4) is 0 Å². The second-order valence-corrected chi connectivity index (χ2v) is 7.28. The Labute approximate surface area is 150 Å². The molecule has 1 aromatic carbocycles. The van der Waals surface area contributed by atoms with Crippen molar-refractivity contribution >= 4 is 66.9 Å². The fourth-order valence-corrected chi connectivity index (χ4v) is 3.85. The van der Waals surface area contributed by atoms with E-state index in [0.717, 1.165) is 26.4 Å². The lowest BCUT2D eigenvalue weighted by Gasteiger charge is -1.96. The first kappa shape index (κ1) is 15.4. The van der Waals surface area contributed by atoms with Gasteiger partial charge in [-0.25, -0.2) is 19.9 Å². The molecule has 3 heterocycles. The molecule has 0 amide bonds. The van der Waals surface area contributed by atoms with Crippen LogP contribution in [0.15, 0.2) is 46.7 Å². The van der Waals surface area contributed by atoms with Crippen molar-refractivity contribution in [3.63, 3.8) is 0 Å². The number of thioether (sulfide) groups is 1. The highest BCUT2D eigenvalue weighted by Crippen LogP contribution is 2.28. The van der Waals surface area contributed by atoms with Gasteiger partial charge >= 0.3 is 0 Å². The van der Waals surface area contributed by atoms with Crippen molar-refractivity contribution in [2.75, 3.05) is 5.75 Å². The number of para-hydroxylation sites is 1. The van der Waals surface area contributed by atoms with Crippen molar-refractivity contribution in [2.45, 2.75) is 5.16 Å². The molecule has 4 aromatic rings. The van der Waals surface area contributed by atoms with E-state index in [2.05, 4.69) is 24.9 Å². The number of imidazole rings is 1. The molecule has 120 valence electrons. The molecule has 24 heavy (non-hydrogen) atoms. The Kier molecular flexibility index (Phi) is 4.09. The minimum Gasteiger partial charge on any atom is -0.386 e. The monoisotopic (exact) mass is 374 g/mol. The van der Waals surface area contributed by atoms with E-state index in [1.165, 1.54) is 23.1 Å². The van der Waals surface area contributed by atoms with Gasteiger partial charge in [-0.1, -0.05) is 46.8 Å². The number of amidine groups is 1. The highest BCUT2D eigenvalue weighted by atomic mass is 35.5. The van der Waals surface area contributed by atoms with Crippen LogP contribution < -0.4 is 5.73 Å². The summed E-state index contributed by atoms with van der Waals surface area (Å²) >= 11 is 8.85. The zero-order chi connectivity index (χ0) is 16.5. The Hall–Kier alpha value is -2.16. The van der Waals surface area contributed by atoms with E-state index in [1.54, 1.807) is 12.3 Å². The number of nitrogens with zero attached hydrogens (tertiary/aromatic N) is 4. The summed E-state index contributed by atoms with van der Waals surface area (Å²) in [4.78, 5) is 20.5. The number of aromatic nitrogens is 4. The number of hydrogen-bond acceptors (Lipinski definition) is 6.